The van der Waals surface area contributed by atoms with Crippen LogP contribution in [0.5, 0.6) is 0 Å². The first-order chi connectivity index (χ1) is 12.1. The summed E-state index contributed by atoms with van der Waals surface area (Å²) in [5.74, 6) is -0.0679. The summed E-state index contributed by atoms with van der Waals surface area (Å²) < 4.78 is 0. The van der Waals surface area contributed by atoms with Crippen LogP contribution < -0.4 is 11.1 Å². The number of aromatic nitrogens is 1. The molecule has 5 heteroatoms. The molecule has 0 saturated carbocycles. The summed E-state index contributed by atoms with van der Waals surface area (Å²) in [7, 11) is 0. The Balaban J connectivity index is 1.67. The van der Waals surface area contributed by atoms with Gasteiger partial charge in [0, 0.05) is 41.3 Å². The number of carbonyl (C=O) groups excluding carboxylic acids is 2. The van der Waals surface area contributed by atoms with Gasteiger partial charge in [0.05, 0.1) is 0 Å². The van der Waals surface area contributed by atoms with E-state index in [0.29, 0.717) is 30.6 Å². The summed E-state index contributed by atoms with van der Waals surface area (Å²) in [4.78, 5) is 27.0. The molecule has 4 N–H and O–H groups in total. The van der Waals surface area contributed by atoms with Crippen LogP contribution in [-0.2, 0) is 13.0 Å². The van der Waals surface area contributed by atoms with E-state index in [1.165, 1.54) is 0 Å². The largest absolute Gasteiger partial charge is 0.361 e. The zero-order chi connectivity index (χ0) is 17.8. The summed E-state index contributed by atoms with van der Waals surface area (Å²) in [6.07, 6.45) is 2.61. The lowest BCUT2D eigenvalue weighted by Crippen LogP contribution is -2.25. The number of amides is 1. The first-order valence-corrected chi connectivity index (χ1v) is 8.26. The molecule has 1 aromatic heterocycles. The Kier molecular flexibility index (Phi) is 4.95. The van der Waals surface area contributed by atoms with E-state index in [9.17, 15) is 9.59 Å². The van der Waals surface area contributed by atoms with Crippen LogP contribution in [0, 0.1) is 0 Å². The van der Waals surface area contributed by atoms with E-state index < -0.39 is 0 Å². The van der Waals surface area contributed by atoms with E-state index in [1.54, 1.807) is 19.1 Å². The third kappa shape index (κ3) is 3.78. The van der Waals surface area contributed by atoms with Crippen molar-refractivity contribution in [1.29, 1.82) is 0 Å². The number of nitrogens with two attached hydrogens (primary N) is 1. The topological polar surface area (TPSA) is 88.0 Å². The molecule has 0 unspecified atom stereocenters. The standard InChI is InChI=1S/C20H21N3O2/c1-13(24)15-5-6-19-18(10-15)17(12-23-19)7-8-22-20(25)16-4-2-3-14(9-16)11-21/h2-6,9-10,12,23H,7-8,11,21H2,1H3,(H,22,25). The van der Waals surface area contributed by atoms with Crippen molar-refractivity contribution in [3.63, 3.8) is 0 Å². The monoisotopic (exact) mass is 335 g/mol. The number of benzene rings is 2. The number of hydrogen-bond donors (Lipinski definition) is 3. The summed E-state index contributed by atoms with van der Waals surface area (Å²) >= 11 is 0. The second-order valence-electron chi connectivity index (χ2n) is 6.04. The zero-order valence-electron chi connectivity index (χ0n) is 14.1. The minimum Gasteiger partial charge on any atom is -0.361 e. The number of nitrogens with one attached hydrogen (secondary N) is 2. The highest BCUT2D eigenvalue weighted by Gasteiger charge is 2.09. The molecule has 0 radical (unpaired) electrons. The van der Waals surface area contributed by atoms with Crippen molar-refractivity contribution in [2.24, 2.45) is 5.73 Å². The number of carbonyl (C=O) groups is 2. The molecule has 0 aliphatic rings. The van der Waals surface area contributed by atoms with Gasteiger partial charge in [0.25, 0.3) is 5.91 Å². The van der Waals surface area contributed by atoms with Crippen LogP contribution in [0.4, 0.5) is 0 Å². The van der Waals surface area contributed by atoms with E-state index in [1.807, 2.05) is 36.5 Å². The number of ketones is 1. The fourth-order valence-electron chi connectivity index (χ4n) is 2.86. The molecule has 3 rings (SSSR count). The predicted molar refractivity (Wildman–Crippen MR) is 98.7 cm³/mol. The van der Waals surface area contributed by atoms with Crippen LogP contribution in [0.3, 0.4) is 0 Å². The van der Waals surface area contributed by atoms with Gasteiger partial charge in [-0.1, -0.05) is 12.1 Å². The summed E-state index contributed by atoms with van der Waals surface area (Å²) in [5, 5.41) is 3.95. The molecule has 0 saturated heterocycles. The summed E-state index contributed by atoms with van der Waals surface area (Å²) in [6, 6.07) is 12.9. The number of Topliss-reactive ketones (excluding diaryl/α,β-unsaturated/α-hetero) is 1. The predicted octanol–water partition coefficient (Wildman–Crippen LogP) is 2.80. The first kappa shape index (κ1) is 16.9. The van der Waals surface area contributed by atoms with Gasteiger partial charge in [-0.25, -0.2) is 0 Å². The lowest BCUT2D eigenvalue weighted by atomic mass is 10.1. The van der Waals surface area contributed by atoms with Crippen LogP contribution in [0.1, 0.15) is 38.8 Å². The molecule has 0 atom stereocenters. The maximum atomic E-state index is 12.2. The van der Waals surface area contributed by atoms with Gasteiger partial charge in [-0.3, -0.25) is 9.59 Å². The molecule has 3 aromatic rings. The number of aromatic amines is 1. The smallest absolute Gasteiger partial charge is 0.251 e. The lowest BCUT2D eigenvalue weighted by Gasteiger charge is -2.06. The van der Waals surface area contributed by atoms with Gasteiger partial charge >= 0.3 is 0 Å². The molecule has 1 heterocycles. The number of rotatable bonds is 6. The number of H-pyrrole nitrogens is 1. The maximum Gasteiger partial charge on any atom is 0.251 e. The van der Waals surface area contributed by atoms with Crippen LogP contribution in [0.15, 0.2) is 48.7 Å². The van der Waals surface area contributed by atoms with Crippen LogP contribution in [-0.4, -0.2) is 23.2 Å². The summed E-state index contributed by atoms with van der Waals surface area (Å²) in [6.45, 7) is 2.49. The second kappa shape index (κ2) is 7.32. The molecule has 0 aliphatic heterocycles. The summed E-state index contributed by atoms with van der Waals surface area (Å²) in [5.41, 5.74) is 9.91. The SMILES string of the molecule is CC(=O)c1ccc2[nH]cc(CCNC(=O)c3cccc(CN)c3)c2c1. The third-order valence-corrected chi connectivity index (χ3v) is 4.28. The van der Waals surface area contributed by atoms with Crippen LogP contribution in [0.2, 0.25) is 0 Å². The van der Waals surface area contributed by atoms with E-state index in [4.69, 9.17) is 5.73 Å². The maximum absolute atomic E-state index is 12.2. The van der Waals surface area contributed by atoms with Gasteiger partial charge in [-0.2, -0.15) is 0 Å². The minimum absolute atomic E-state index is 0.0436. The normalized spacial score (nSPS) is 10.8. The average Bonchev–Trinajstić information content (AvgIpc) is 3.04. The van der Waals surface area contributed by atoms with Crippen molar-refractivity contribution in [3.05, 3.63) is 70.9 Å². The molecule has 128 valence electrons. The molecular weight excluding hydrogens is 314 g/mol. The molecule has 25 heavy (non-hydrogen) atoms. The van der Waals surface area contributed by atoms with Crippen LogP contribution in [0.25, 0.3) is 10.9 Å². The lowest BCUT2D eigenvalue weighted by molar-refractivity contribution is 0.0953. The van der Waals surface area contributed by atoms with Gasteiger partial charge in [0.15, 0.2) is 5.78 Å². The van der Waals surface area contributed by atoms with E-state index in [-0.39, 0.29) is 11.7 Å². The molecule has 2 aromatic carbocycles. The van der Waals surface area contributed by atoms with Crippen LogP contribution >= 0.6 is 0 Å². The fraction of sp³-hybridized carbons (Fsp3) is 0.200. The van der Waals surface area contributed by atoms with Crippen molar-refractivity contribution in [3.8, 4) is 0 Å². The van der Waals surface area contributed by atoms with E-state index >= 15 is 0 Å². The van der Waals surface area contributed by atoms with E-state index in [2.05, 4.69) is 10.3 Å². The van der Waals surface area contributed by atoms with Crippen molar-refractivity contribution in [2.75, 3.05) is 6.54 Å². The van der Waals surface area contributed by atoms with Gasteiger partial charge in [-0.15, -0.1) is 0 Å². The molecule has 0 aliphatic carbocycles. The first-order valence-electron chi connectivity index (χ1n) is 8.26. The average molecular weight is 335 g/mol. The highest BCUT2D eigenvalue weighted by Crippen LogP contribution is 2.20. The van der Waals surface area contributed by atoms with Gasteiger partial charge in [-0.05, 0) is 54.8 Å². The molecule has 0 fully saturated rings. The van der Waals surface area contributed by atoms with Crippen molar-refractivity contribution >= 4 is 22.6 Å². The highest BCUT2D eigenvalue weighted by atomic mass is 16.1. The number of hydrogen-bond acceptors (Lipinski definition) is 3. The third-order valence-electron chi connectivity index (χ3n) is 4.28. The Hall–Kier alpha value is -2.92. The Morgan fingerprint density at radius 2 is 1.96 bits per heavy atom. The quantitative estimate of drug-likeness (QED) is 0.605. The van der Waals surface area contributed by atoms with Crippen molar-refractivity contribution < 1.29 is 9.59 Å². The molecule has 0 bridgehead atoms. The Morgan fingerprint density at radius 3 is 2.72 bits per heavy atom. The Morgan fingerprint density at radius 1 is 1.12 bits per heavy atom. The van der Waals surface area contributed by atoms with Gasteiger partial charge in [0.1, 0.15) is 0 Å². The molecule has 5 nitrogen and oxygen atoms in total. The number of fused-ring (bicyclic) bond motifs is 1. The molecule has 1 amide bonds. The fourth-order valence-corrected chi connectivity index (χ4v) is 2.86. The van der Waals surface area contributed by atoms with Crippen molar-refractivity contribution in [1.82, 2.24) is 10.3 Å². The zero-order valence-corrected chi connectivity index (χ0v) is 14.1. The molecule has 0 spiro atoms. The van der Waals surface area contributed by atoms with Gasteiger partial charge < -0.3 is 16.0 Å². The molecular formula is C20H21N3O2. The Bertz CT molecular complexity index is 928. The van der Waals surface area contributed by atoms with E-state index in [0.717, 1.165) is 22.0 Å². The van der Waals surface area contributed by atoms with Crippen molar-refractivity contribution in [2.45, 2.75) is 19.9 Å². The van der Waals surface area contributed by atoms with Gasteiger partial charge in [0.2, 0.25) is 0 Å². The Labute approximate surface area is 146 Å². The second-order valence-corrected chi connectivity index (χ2v) is 6.04. The highest BCUT2D eigenvalue weighted by molar-refractivity contribution is 5.98. The minimum atomic E-state index is -0.112.